The fraction of sp³-hybridized carbons (Fsp3) is 0.438. The quantitative estimate of drug-likeness (QED) is 0.716. The van der Waals surface area contributed by atoms with Gasteiger partial charge in [-0.25, -0.2) is 4.79 Å². The number of urea groups is 1. The molecule has 0 saturated heterocycles. The van der Waals surface area contributed by atoms with E-state index in [9.17, 15) is 14.4 Å². The largest absolute Gasteiger partial charge is 0.477 e. The lowest BCUT2D eigenvalue weighted by atomic mass is 10.1. The van der Waals surface area contributed by atoms with Gasteiger partial charge in [-0.2, -0.15) is 0 Å². The molecule has 8 nitrogen and oxygen atoms in total. The van der Waals surface area contributed by atoms with Crippen LogP contribution in [0.2, 0.25) is 0 Å². The summed E-state index contributed by atoms with van der Waals surface area (Å²) in [6.45, 7) is 2.71. The summed E-state index contributed by atoms with van der Waals surface area (Å²) in [6, 6.07) is 6.61. The molecule has 1 heterocycles. The maximum Gasteiger partial charge on any atom is 0.321 e. The summed E-state index contributed by atoms with van der Waals surface area (Å²) in [6.07, 6.45) is 0.118. The highest BCUT2D eigenvalue weighted by Crippen LogP contribution is 2.32. The second-order valence-electron chi connectivity index (χ2n) is 5.37. The van der Waals surface area contributed by atoms with E-state index in [4.69, 9.17) is 4.74 Å². The maximum absolute atomic E-state index is 12.2. The lowest BCUT2D eigenvalue weighted by molar-refractivity contribution is -0.128. The Labute approximate surface area is 140 Å². The molecule has 0 bridgehead atoms. The molecule has 1 aliphatic heterocycles. The molecule has 3 N–H and O–H groups in total. The number of rotatable bonds is 5. The van der Waals surface area contributed by atoms with Gasteiger partial charge in [-0.3, -0.25) is 14.9 Å². The highest BCUT2D eigenvalue weighted by Gasteiger charge is 2.31. The van der Waals surface area contributed by atoms with Crippen LogP contribution in [-0.4, -0.2) is 50.6 Å². The number of anilines is 1. The van der Waals surface area contributed by atoms with E-state index in [2.05, 4.69) is 16.0 Å². The molecule has 130 valence electrons. The van der Waals surface area contributed by atoms with Gasteiger partial charge < -0.3 is 20.3 Å². The van der Waals surface area contributed by atoms with Crippen molar-refractivity contribution in [2.24, 2.45) is 0 Å². The minimum absolute atomic E-state index is 0.0502. The summed E-state index contributed by atoms with van der Waals surface area (Å²) in [5, 5.41) is 7.33. The van der Waals surface area contributed by atoms with Crippen molar-refractivity contribution < 1.29 is 19.1 Å². The third-order valence-electron chi connectivity index (χ3n) is 3.52. The highest BCUT2D eigenvalue weighted by atomic mass is 16.5. The molecule has 1 aliphatic rings. The number of carbonyl (C=O) groups excluding carboxylic acids is 3. The summed E-state index contributed by atoms with van der Waals surface area (Å²) in [5.41, 5.74) is 0.712. The van der Waals surface area contributed by atoms with Gasteiger partial charge in [0.15, 0.2) is 6.10 Å². The molecule has 0 radical (unpaired) electrons. The molecule has 1 aromatic carbocycles. The Hall–Kier alpha value is -2.77. The number of imide groups is 1. The smallest absolute Gasteiger partial charge is 0.321 e. The van der Waals surface area contributed by atoms with Crippen molar-refractivity contribution in [3.05, 3.63) is 24.3 Å². The number of nitrogens with zero attached hydrogens (tertiary/aromatic N) is 1. The van der Waals surface area contributed by atoms with E-state index in [1.54, 1.807) is 17.0 Å². The molecule has 0 aromatic heterocycles. The number of fused-ring (bicyclic) bond motifs is 1. The average molecular weight is 334 g/mol. The minimum atomic E-state index is -0.709. The Bertz CT molecular complexity index is 620. The number of benzene rings is 1. The topological polar surface area (TPSA) is 99.8 Å². The van der Waals surface area contributed by atoms with E-state index in [1.807, 2.05) is 19.1 Å². The first-order chi connectivity index (χ1) is 11.5. The van der Waals surface area contributed by atoms with Crippen molar-refractivity contribution >= 4 is 23.5 Å². The van der Waals surface area contributed by atoms with Crippen LogP contribution in [0, 0.1) is 0 Å². The van der Waals surface area contributed by atoms with Crippen LogP contribution < -0.4 is 25.6 Å². The second-order valence-corrected chi connectivity index (χ2v) is 5.37. The van der Waals surface area contributed by atoms with Gasteiger partial charge in [0, 0.05) is 13.6 Å². The zero-order valence-electron chi connectivity index (χ0n) is 13.8. The van der Waals surface area contributed by atoms with Gasteiger partial charge in [0.25, 0.3) is 5.91 Å². The molecule has 0 unspecified atom stereocenters. The molecule has 0 fully saturated rings. The van der Waals surface area contributed by atoms with Gasteiger partial charge in [-0.1, -0.05) is 19.1 Å². The number of hydrogen-bond acceptors (Lipinski definition) is 5. The van der Waals surface area contributed by atoms with Crippen LogP contribution in [0.4, 0.5) is 10.5 Å². The van der Waals surface area contributed by atoms with Gasteiger partial charge in [-0.15, -0.1) is 0 Å². The maximum atomic E-state index is 12.2. The van der Waals surface area contributed by atoms with E-state index >= 15 is 0 Å². The fourth-order valence-corrected chi connectivity index (χ4v) is 2.36. The molecule has 0 saturated carbocycles. The number of carbonyl (C=O) groups is 3. The molecular weight excluding hydrogens is 312 g/mol. The van der Waals surface area contributed by atoms with Crippen molar-refractivity contribution in [2.45, 2.75) is 19.4 Å². The monoisotopic (exact) mass is 334 g/mol. The predicted molar refractivity (Wildman–Crippen MR) is 89.0 cm³/mol. The van der Waals surface area contributed by atoms with Gasteiger partial charge >= 0.3 is 6.03 Å². The number of hydrogen-bond donors (Lipinski definition) is 3. The summed E-state index contributed by atoms with van der Waals surface area (Å²) in [7, 11) is 1.43. The van der Waals surface area contributed by atoms with E-state index in [1.165, 1.54) is 7.05 Å². The number of para-hydroxylation sites is 2. The standard InChI is InChI=1S/C16H22N4O4/c1-3-8-18-15(22)13-9-20(10-14(21)19-16(23)17-2)11-6-4-5-7-12(11)24-13/h4-7,13H,3,8-10H2,1-2H3,(H,18,22)(H2,17,19,21,23)/t13-/m1/s1. The normalized spacial score (nSPS) is 15.8. The molecule has 0 spiro atoms. The van der Waals surface area contributed by atoms with E-state index in [0.717, 1.165) is 6.42 Å². The summed E-state index contributed by atoms with van der Waals surface area (Å²) >= 11 is 0. The Morgan fingerprint density at radius 1 is 1.29 bits per heavy atom. The van der Waals surface area contributed by atoms with Crippen LogP contribution in [0.15, 0.2) is 24.3 Å². The molecule has 4 amide bonds. The fourth-order valence-electron chi connectivity index (χ4n) is 2.36. The average Bonchev–Trinajstić information content (AvgIpc) is 2.59. The first-order valence-electron chi connectivity index (χ1n) is 7.85. The summed E-state index contributed by atoms with van der Waals surface area (Å²) in [4.78, 5) is 37.2. The van der Waals surface area contributed by atoms with Crippen LogP contribution >= 0.6 is 0 Å². The minimum Gasteiger partial charge on any atom is -0.477 e. The number of nitrogens with one attached hydrogen (secondary N) is 3. The van der Waals surface area contributed by atoms with Crippen molar-refractivity contribution in [1.82, 2.24) is 16.0 Å². The van der Waals surface area contributed by atoms with Crippen molar-refractivity contribution in [3.8, 4) is 5.75 Å². The Morgan fingerprint density at radius 3 is 2.75 bits per heavy atom. The summed E-state index contributed by atoms with van der Waals surface area (Å²) in [5.74, 6) is -0.144. The van der Waals surface area contributed by atoms with Crippen LogP contribution in [0.5, 0.6) is 5.75 Å². The lowest BCUT2D eigenvalue weighted by Gasteiger charge is -2.35. The molecule has 24 heavy (non-hydrogen) atoms. The van der Waals surface area contributed by atoms with Crippen molar-refractivity contribution in [2.75, 3.05) is 31.6 Å². The zero-order valence-corrected chi connectivity index (χ0v) is 13.8. The Kier molecular flexibility index (Phi) is 6.00. The first kappa shape index (κ1) is 17.6. The Morgan fingerprint density at radius 2 is 2.04 bits per heavy atom. The second kappa shape index (κ2) is 8.19. The molecule has 1 aromatic rings. The summed E-state index contributed by atoms with van der Waals surface area (Å²) < 4.78 is 5.74. The predicted octanol–water partition coefficient (Wildman–Crippen LogP) is 0.236. The van der Waals surface area contributed by atoms with Gasteiger partial charge in [0.05, 0.1) is 18.8 Å². The molecule has 1 atom stereocenters. The third-order valence-corrected chi connectivity index (χ3v) is 3.52. The molecule has 0 aliphatic carbocycles. The van der Waals surface area contributed by atoms with Gasteiger partial charge in [-0.05, 0) is 18.6 Å². The number of ether oxygens (including phenoxy) is 1. The lowest BCUT2D eigenvalue weighted by Crippen LogP contribution is -2.52. The van der Waals surface area contributed by atoms with Crippen molar-refractivity contribution in [1.29, 1.82) is 0 Å². The van der Waals surface area contributed by atoms with Crippen LogP contribution in [0.25, 0.3) is 0 Å². The molecular formula is C16H22N4O4. The van der Waals surface area contributed by atoms with Crippen LogP contribution in [-0.2, 0) is 9.59 Å². The SMILES string of the molecule is CCCNC(=O)[C@H]1CN(CC(=O)NC(=O)NC)c2ccccc2O1. The van der Waals surface area contributed by atoms with Gasteiger partial charge in [0.1, 0.15) is 5.75 Å². The zero-order chi connectivity index (χ0) is 17.5. The number of amides is 4. The molecule has 2 rings (SSSR count). The third kappa shape index (κ3) is 4.37. The van der Waals surface area contributed by atoms with Crippen LogP contribution in [0.1, 0.15) is 13.3 Å². The highest BCUT2D eigenvalue weighted by molar-refractivity contribution is 5.96. The van der Waals surface area contributed by atoms with E-state index < -0.39 is 18.0 Å². The first-order valence-corrected chi connectivity index (χ1v) is 7.85. The van der Waals surface area contributed by atoms with Gasteiger partial charge in [0.2, 0.25) is 5.91 Å². The Balaban J connectivity index is 2.12. The van der Waals surface area contributed by atoms with E-state index in [-0.39, 0.29) is 19.0 Å². The van der Waals surface area contributed by atoms with E-state index in [0.29, 0.717) is 18.0 Å². The van der Waals surface area contributed by atoms with Crippen molar-refractivity contribution in [3.63, 3.8) is 0 Å². The van der Waals surface area contributed by atoms with Crippen LogP contribution in [0.3, 0.4) is 0 Å². The molecule has 8 heteroatoms.